The number of hydrogen-bond acceptors (Lipinski definition) is 5. The fourth-order valence-electron chi connectivity index (χ4n) is 3.19. The highest BCUT2D eigenvalue weighted by Crippen LogP contribution is 2.31. The van der Waals surface area contributed by atoms with Gasteiger partial charge in [0.15, 0.2) is 5.69 Å². The zero-order valence-corrected chi connectivity index (χ0v) is 13.4. The normalized spacial score (nSPS) is 24.0. The maximum atomic E-state index is 12.3. The van der Waals surface area contributed by atoms with Crippen molar-refractivity contribution in [1.82, 2.24) is 20.0 Å². The van der Waals surface area contributed by atoms with Crippen LogP contribution in [0.25, 0.3) is 0 Å². The van der Waals surface area contributed by atoms with E-state index in [9.17, 15) is 9.90 Å². The summed E-state index contributed by atoms with van der Waals surface area (Å²) in [5.41, 5.74) is 0.267. The number of aliphatic hydroxyl groups excluding tert-OH is 1. The number of amides is 1. The van der Waals surface area contributed by atoms with Gasteiger partial charge in [0.25, 0.3) is 5.91 Å². The van der Waals surface area contributed by atoms with Crippen LogP contribution < -0.4 is 5.32 Å². The highest BCUT2D eigenvalue weighted by molar-refractivity contribution is 5.92. The molecule has 0 radical (unpaired) electrons. The van der Waals surface area contributed by atoms with E-state index in [2.05, 4.69) is 15.5 Å². The van der Waals surface area contributed by atoms with Crippen LogP contribution in [0.15, 0.2) is 23.0 Å². The van der Waals surface area contributed by atoms with Gasteiger partial charge in [0.1, 0.15) is 11.6 Å². The Kier molecular flexibility index (Phi) is 4.47. The molecule has 1 saturated carbocycles. The zero-order valence-electron chi connectivity index (χ0n) is 13.4. The molecule has 1 aliphatic rings. The smallest absolute Gasteiger partial charge is 0.273 e. The highest BCUT2D eigenvalue weighted by atomic mass is 16.5. The number of aromatic nitrogens is 3. The Hall–Kier alpha value is -2.15. The zero-order chi connectivity index (χ0) is 16.4. The number of aliphatic hydroxyl groups is 1. The molecule has 0 spiro atoms. The van der Waals surface area contributed by atoms with E-state index in [1.54, 1.807) is 12.3 Å². The molecule has 2 N–H and O–H groups in total. The van der Waals surface area contributed by atoms with Gasteiger partial charge >= 0.3 is 0 Å². The number of carbonyl (C=O) groups excluding carboxylic acids is 1. The molecule has 0 aliphatic heterocycles. The molecule has 1 amide bonds. The predicted molar refractivity (Wildman–Crippen MR) is 83.0 cm³/mol. The van der Waals surface area contributed by atoms with Crippen molar-refractivity contribution in [2.24, 2.45) is 0 Å². The van der Waals surface area contributed by atoms with Crippen molar-refractivity contribution in [1.29, 1.82) is 0 Å². The van der Waals surface area contributed by atoms with Gasteiger partial charge in [0.05, 0.1) is 18.2 Å². The molecule has 124 valence electrons. The van der Waals surface area contributed by atoms with E-state index < -0.39 is 6.10 Å². The van der Waals surface area contributed by atoms with Gasteiger partial charge in [-0.1, -0.05) is 12.1 Å². The standard InChI is InChI=1S/C16H22N4O3/c1-3-4-11-9-13(19-23-11)16(22)18-12-5-6-14(15(12)21)20-8-7-17-10(20)2/h7-9,12,14-15,21H,3-6H2,1-2H3,(H,18,22)/t12-,14-,15-/m1/s1. The molecule has 7 heteroatoms. The van der Waals surface area contributed by atoms with E-state index in [1.165, 1.54) is 0 Å². The topological polar surface area (TPSA) is 93.2 Å². The van der Waals surface area contributed by atoms with Gasteiger partial charge in [-0.2, -0.15) is 0 Å². The lowest BCUT2D eigenvalue weighted by Gasteiger charge is -2.22. The number of nitrogens with zero attached hydrogens (tertiary/aromatic N) is 3. The molecule has 2 aromatic rings. The summed E-state index contributed by atoms with van der Waals surface area (Å²) in [6, 6.07) is 1.31. The first-order valence-corrected chi connectivity index (χ1v) is 8.04. The maximum absolute atomic E-state index is 12.3. The van der Waals surface area contributed by atoms with Crippen molar-refractivity contribution in [3.8, 4) is 0 Å². The van der Waals surface area contributed by atoms with Gasteiger partial charge in [-0.15, -0.1) is 0 Å². The van der Waals surface area contributed by atoms with Crippen LogP contribution in [0.2, 0.25) is 0 Å². The monoisotopic (exact) mass is 318 g/mol. The second-order valence-corrected chi connectivity index (χ2v) is 6.03. The number of aryl methyl sites for hydroxylation is 2. The van der Waals surface area contributed by atoms with Gasteiger partial charge in [-0.3, -0.25) is 4.79 Å². The minimum Gasteiger partial charge on any atom is -0.389 e. The fraction of sp³-hybridized carbons (Fsp3) is 0.562. The SMILES string of the molecule is CCCc1cc(C(=O)N[C@@H]2CC[C@@H](n3ccnc3C)[C@@H]2O)no1. The number of hydrogen-bond donors (Lipinski definition) is 2. The molecule has 3 atom stereocenters. The lowest BCUT2D eigenvalue weighted by molar-refractivity contribution is 0.0804. The maximum Gasteiger partial charge on any atom is 0.273 e. The molecule has 2 aromatic heterocycles. The summed E-state index contributed by atoms with van der Waals surface area (Å²) in [4.78, 5) is 16.5. The van der Waals surface area contributed by atoms with Crippen molar-refractivity contribution >= 4 is 5.91 Å². The average Bonchev–Trinajstić information content (AvgIpc) is 3.22. The van der Waals surface area contributed by atoms with Crippen LogP contribution >= 0.6 is 0 Å². The summed E-state index contributed by atoms with van der Waals surface area (Å²) in [7, 11) is 0. The van der Waals surface area contributed by atoms with Crippen LogP contribution in [0.1, 0.15) is 54.3 Å². The lowest BCUT2D eigenvalue weighted by atomic mass is 10.1. The summed E-state index contributed by atoms with van der Waals surface area (Å²) >= 11 is 0. The number of nitrogens with one attached hydrogen (secondary N) is 1. The van der Waals surface area contributed by atoms with Crippen LogP contribution in [-0.4, -0.2) is 37.9 Å². The molecule has 23 heavy (non-hydrogen) atoms. The third-order valence-corrected chi connectivity index (χ3v) is 4.40. The van der Waals surface area contributed by atoms with Gasteiger partial charge in [-0.05, 0) is 26.2 Å². The molecule has 1 fully saturated rings. The lowest BCUT2D eigenvalue weighted by Crippen LogP contribution is -2.42. The molecule has 3 rings (SSSR count). The second kappa shape index (κ2) is 6.54. The molecule has 0 bridgehead atoms. The van der Waals surface area contributed by atoms with Crippen LogP contribution in [0.5, 0.6) is 0 Å². The van der Waals surface area contributed by atoms with Gasteiger partial charge in [0, 0.05) is 24.9 Å². The van der Waals surface area contributed by atoms with Crippen LogP contribution in [0.4, 0.5) is 0 Å². The van der Waals surface area contributed by atoms with E-state index in [1.807, 2.05) is 24.6 Å². The number of rotatable bonds is 5. The van der Waals surface area contributed by atoms with Gasteiger partial charge in [-0.25, -0.2) is 4.98 Å². The van der Waals surface area contributed by atoms with Crippen molar-refractivity contribution in [2.45, 2.75) is 57.7 Å². The van der Waals surface area contributed by atoms with E-state index >= 15 is 0 Å². The van der Waals surface area contributed by atoms with E-state index in [0.717, 1.165) is 31.5 Å². The average molecular weight is 318 g/mol. The van der Waals surface area contributed by atoms with Crippen molar-refractivity contribution in [3.05, 3.63) is 35.7 Å². The van der Waals surface area contributed by atoms with E-state index in [4.69, 9.17) is 4.52 Å². The molecule has 1 aliphatic carbocycles. The first-order valence-electron chi connectivity index (χ1n) is 8.04. The minimum absolute atomic E-state index is 0.0595. The van der Waals surface area contributed by atoms with E-state index in [0.29, 0.717) is 5.76 Å². The van der Waals surface area contributed by atoms with Crippen LogP contribution in [0, 0.1) is 6.92 Å². The first kappa shape index (κ1) is 15.7. The number of imidazole rings is 1. The van der Waals surface area contributed by atoms with Gasteiger partial charge < -0.3 is 19.5 Å². The summed E-state index contributed by atoms with van der Waals surface area (Å²) in [5, 5.41) is 17.2. The molecule has 0 aromatic carbocycles. The molecule has 2 heterocycles. The highest BCUT2D eigenvalue weighted by Gasteiger charge is 2.37. The Bertz CT molecular complexity index is 678. The first-order chi connectivity index (χ1) is 11.1. The molecule has 0 unspecified atom stereocenters. The van der Waals surface area contributed by atoms with Crippen molar-refractivity contribution < 1.29 is 14.4 Å². The Labute approximate surface area is 134 Å². The Morgan fingerprint density at radius 3 is 3.04 bits per heavy atom. The molecular weight excluding hydrogens is 296 g/mol. The van der Waals surface area contributed by atoms with Crippen LogP contribution in [-0.2, 0) is 6.42 Å². The molecule has 7 nitrogen and oxygen atoms in total. The summed E-state index contributed by atoms with van der Waals surface area (Å²) in [6.45, 7) is 3.94. The third kappa shape index (κ3) is 3.14. The number of carbonyl (C=O) groups is 1. The predicted octanol–water partition coefficient (Wildman–Crippen LogP) is 1.63. The Balaban J connectivity index is 1.64. The fourth-order valence-corrected chi connectivity index (χ4v) is 3.19. The summed E-state index contributed by atoms with van der Waals surface area (Å²) < 4.78 is 7.09. The molecular formula is C16H22N4O3. The second-order valence-electron chi connectivity index (χ2n) is 6.03. The Morgan fingerprint density at radius 1 is 1.52 bits per heavy atom. The quantitative estimate of drug-likeness (QED) is 0.874. The summed E-state index contributed by atoms with van der Waals surface area (Å²) in [6.07, 6.45) is 6.14. The van der Waals surface area contributed by atoms with Crippen molar-refractivity contribution in [2.75, 3.05) is 0 Å². The third-order valence-electron chi connectivity index (χ3n) is 4.40. The summed E-state index contributed by atoms with van der Waals surface area (Å²) in [5.74, 6) is 1.27. The van der Waals surface area contributed by atoms with Gasteiger partial charge in [0.2, 0.25) is 0 Å². The Morgan fingerprint density at radius 2 is 2.35 bits per heavy atom. The molecule has 0 saturated heterocycles. The minimum atomic E-state index is -0.645. The van der Waals surface area contributed by atoms with Crippen molar-refractivity contribution in [3.63, 3.8) is 0 Å². The van der Waals surface area contributed by atoms with E-state index in [-0.39, 0.29) is 23.7 Å². The largest absolute Gasteiger partial charge is 0.389 e. The van der Waals surface area contributed by atoms with Crippen LogP contribution in [0.3, 0.4) is 0 Å².